The summed E-state index contributed by atoms with van der Waals surface area (Å²) in [4.78, 5) is 0. The first-order valence-corrected chi connectivity index (χ1v) is 6.22. The minimum absolute atomic E-state index is 0.497. The molecule has 0 spiro atoms. The Bertz CT molecular complexity index is 180. The molecule has 0 aromatic heterocycles. The van der Waals surface area contributed by atoms with Gasteiger partial charge in [-0.05, 0) is 44.6 Å². The fourth-order valence-corrected chi connectivity index (χ4v) is 2.62. The molecule has 2 fully saturated rings. The van der Waals surface area contributed by atoms with E-state index < -0.39 is 0 Å². The van der Waals surface area contributed by atoms with Gasteiger partial charge in [-0.25, -0.2) is 0 Å². The molecular weight excluding hydrogens is 190 g/mol. The lowest BCUT2D eigenvalue weighted by atomic mass is 10.00. The Morgan fingerprint density at radius 1 is 1.20 bits per heavy atom. The first-order valence-electron chi connectivity index (χ1n) is 6.22. The van der Waals surface area contributed by atoms with Crippen LogP contribution in [-0.4, -0.2) is 39.0 Å². The molecule has 0 aromatic rings. The van der Waals surface area contributed by atoms with Crippen LogP contribution in [0.3, 0.4) is 0 Å². The SMILES string of the molecule is COC1CCC(NCC2CCOCC2)C1. The summed E-state index contributed by atoms with van der Waals surface area (Å²) >= 11 is 0. The topological polar surface area (TPSA) is 30.5 Å². The van der Waals surface area contributed by atoms with Gasteiger partial charge in [0.15, 0.2) is 0 Å². The molecule has 1 saturated heterocycles. The highest BCUT2D eigenvalue weighted by molar-refractivity contribution is 4.82. The van der Waals surface area contributed by atoms with E-state index in [1.165, 1.54) is 38.6 Å². The molecule has 2 aliphatic rings. The normalized spacial score (nSPS) is 33.4. The second kappa shape index (κ2) is 5.83. The predicted molar refractivity (Wildman–Crippen MR) is 60.0 cm³/mol. The van der Waals surface area contributed by atoms with Crippen molar-refractivity contribution in [3.05, 3.63) is 0 Å². The summed E-state index contributed by atoms with van der Waals surface area (Å²) in [6, 6.07) is 0.692. The quantitative estimate of drug-likeness (QED) is 0.769. The summed E-state index contributed by atoms with van der Waals surface area (Å²) < 4.78 is 10.7. The molecule has 0 amide bonds. The third-order valence-corrected chi connectivity index (χ3v) is 3.75. The summed E-state index contributed by atoms with van der Waals surface area (Å²) in [6.45, 7) is 3.08. The molecule has 1 heterocycles. The zero-order valence-electron chi connectivity index (χ0n) is 9.71. The van der Waals surface area contributed by atoms with E-state index in [4.69, 9.17) is 9.47 Å². The second-order valence-electron chi connectivity index (χ2n) is 4.83. The van der Waals surface area contributed by atoms with Crippen molar-refractivity contribution in [1.82, 2.24) is 5.32 Å². The highest BCUT2D eigenvalue weighted by atomic mass is 16.5. The van der Waals surface area contributed by atoms with Gasteiger partial charge in [0, 0.05) is 26.4 Å². The monoisotopic (exact) mass is 213 g/mol. The van der Waals surface area contributed by atoms with Crippen LogP contribution in [-0.2, 0) is 9.47 Å². The van der Waals surface area contributed by atoms with Crippen molar-refractivity contribution in [2.24, 2.45) is 5.92 Å². The Hall–Kier alpha value is -0.120. The van der Waals surface area contributed by atoms with Gasteiger partial charge in [0.05, 0.1) is 6.10 Å². The van der Waals surface area contributed by atoms with Gasteiger partial charge in [-0.1, -0.05) is 0 Å². The zero-order valence-corrected chi connectivity index (χ0v) is 9.71. The van der Waals surface area contributed by atoms with Gasteiger partial charge in [0.25, 0.3) is 0 Å². The Morgan fingerprint density at radius 2 is 2.00 bits per heavy atom. The van der Waals surface area contributed by atoms with Crippen molar-refractivity contribution in [2.45, 2.75) is 44.2 Å². The lowest BCUT2D eigenvalue weighted by Crippen LogP contribution is -2.34. The van der Waals surface area contributed by atoms with Gasteiger partial charge < -0.3 is 14.8 Å². The minimum atomic E-state index is 0.497. The maximum atomic E-state index is 5.37. The Morgan fingerprint density at radius 3 is 2.67 bits per heavy atom. The molecule has 1 saturated carbocycles. The van der Waals surface area contributed by atoms with E-state index in [0.717, 1.165) is 19.1 Å². The molecule has 0 bridgehead atoms. The van der Waals surface area contributed by atoms with Crippen LogP contribution in [0.1, 0.15) is 32.1 Å². The van der Waals surface area contributed by atoms with E-state index in [1.807, 2.05) is 7.11 Å². The molecule has 1 aliphatic carbocycles. The highest BCUT2D eigenvalue weighted by Gasteiger charge is 2.24. The Balaban J connectivity index is 1.61. The third-order valence-electron chi connectivity index (χ3n) is 3.75. The highest BCUT2D eigenvalue weighted by Crippen LogP contribution is 2.22. The molecule has 2 unspecified atom stereocenters. The van der Waals surface area contributed by atoms with E-state index in [0.29, 0.717) is 12.1 Å². The van der Waals surface area contributed by atoms with Crippen LogP contribution >= 0.6 is 0 Å². The van der Waals surface area contributed by atoms with E-state index in [9.17, 15) is 0 Å². The second-order valence-corrected chi connectivity index (χ2v) is 4.83. The van der Waals surface area contributed by atoms with Crippen molar-refractivity contribution < 1.29 is 9.47 Å². The number of ether oxygens (including phenoxy) is 2. The Labute approximate surface area is 92.5 Å². The van der Waals surface area contributed by atoms with Crippen LogP contribution in [0.25, 0.3) is 0 Å². The lowest BCUT2D eigenvalue weighted by molar-refractivity contribution is 0.0650. The number of hydrogen-bond donors (Lipinski definition) is 1. The van der Waals surface area contributed by atoms with Crippen LogP contribution in [0, 0.1) is 5.92 Å². The van der Waals surface area contributed by atoms with Gasteiger partial charge >= 0.3 is 0 Å². The average Bonchev–Trinajstić information content (AvgIpc) is 2.76. The van der Waals surface area contributed by atoms with Gasteiger partial charge in [-0.2, -0.15) is 0 Å². The smallest absolute Gasteiger partial charge is 0.0586 e. The van der Waals surface area contributed by atoms with Gasteiger partial charge in [0.1, 0.15) is 0 Å². The van der Waals surface area contributed by atoms with Crippen molar-refractivity contribution in [3.63, 3.8) is 0 Å². The standard InChI is InChI=1S/C12H23NO2/c1-14-12-3-2-11(8-12)13-9-10-4-6-15-7-5-10/h10-13H,2-9H2,1H3. The maximum absolute atomic E-state index is 5.37. The van der Waals surface area contributed by atoms with Crippen LogP contribution in [0.2, 0.25) is 0 Å². The molecule has 1 N–H and O–H groups in total. The molecular formula is C12H23NO2. The van der Waals surface area contributed by atoms with Crippen molar-refractivity contribution in [2.75, 3.05) is 26.9 Å². The number of nitrogens with one attached hydrogen (secondary N) is 1. The maximum Gasteiger partial charge on any atom is 0.0586 e. The van der Waals surface area contributed by atoms with Crippen molar-refractivity contribution in [1.29, 1.82) is 0 Å². The predicted octanol–water partition coefficient (Wildman–Crippen LogP) is 1.57. The molecule has 0 radical (unpaired) electrons. The summed E-state index contributed by atoms with van der Waals surface area (Å²) in [6.07, 6.45) is 6.65. The van der Waals surface area contributed by atoms with Gasteiger partial charge in [0.2, 0.25) is 0 Å². The summed E-state index contributed by atoms with van der Waals surface area (Å²) in [5.74, 6) is 0.834. The van der Waals surface area contributed by atoms with E-state index >= 15 is 0 Å². The van der Waals surface area contributed by atoms with E-state index in [2.05, 4.69) is 5.32 Å². The van der Waals surface area contributed by atoms with E-state index in [1.54, 1.807) is 0 Å². The lowest BCUT2D eigenvalue weighted by Gasteiger charge is -2.24. The zero-order chi connectivity index (χ0) is 10.5. The third kappa shape index (κ3) is 3.44. The van der Waals surface area contributed by atoms with E-state index in [-0.39, 0.29) is 0 Å². The first-order chi connectivity index (χ1) is 7.38. The van der Waals surface area contributed by atoms with Gasteiger partial charge in [-0.15, -0.1) is 0 Å². The molecule has 2 rings (SSSR count). The molecule has 1 aliphatic heterocycles. The largest absolute Gasteiger partial charge is 0.381 e. The van der Waals surface area contributed by atoms with Crippen LogP contribution in [0.15, 0.2) is 0 Å². The molecule has 88 valence electrons. The Kier molecular flexibility index (Phi) is 4.42. The molecule has 3 nitrogen and oxygen atoms in total. The molecule has 3 heteroatoms. The number of rotatable bonds is 4. The molecule has 2 atom stereocenters. The van der Waals surface area contributed by atoms with Crippen LogP contribution < -0.4 is 5.32 Å². The summed E-state index contributed by atoms with van der Waals surface area (Å²) in [5.41, 5.74) is 0. The fraction of sp³-hybridized carbons (Fsp3) is 1.00. The van der Waals surface area contributed by atoms with Crippen LogP contribution in [0.5, 0.6) is 0 Å². The number of hydrogen-bond acceptors (Lipinski definition) is 3. The van der Waals surface area contributed by atoms with Crippen LogP contribution in [0.4, 0.5) is 0 Å². The van der Waals surface area contributed by atoms with Crippen molar-refractivity contribution >= 4 is 0 Å². The van der Waals surface area contributed by atoms with Crippen molar-refractivity contribution in [3.8, 4) is 0 Å². The molecule has 0 aromatic carbocycles. The summed E-state index contributed by atoms with van der Waals surface area (Å²) in [5, 5.41) is 3.68. The molecule has 15 heavy (non-hydrogen) atoms. The minimum Gasteiger partial charge on any atom is -0.381 e. The first kappa shape index (κ1) is 11.4. The fourth-order valence-electron chi connectivity index (χ4n) is 2.62. The summed E-state index contributed by atoms with van der Waals surface area (Å²) in [7, 11) is 1.82. The number of methoxy groups -OCH3 is 1. The average molecular weight is 213 g/mol. The van der Waals surface area contributed by atoms with Gasteiger partial charge in [-0.3, -0.25) is 0 Å².